The molecule has 2 heterocycles. The van der Waals surface area contributed by atoms with Crippen LogP contribution in [0, 0.1) is 32.0 Å². The molecule has 2 aromatic heterocycles. The average Bonchev–Trinajstić information content (AvgIpc) is 3.80. The highest BCUT2D eigenvalue weighted by molar-refractivity contribution is 6.16. The van der Waals surface area contributed by atoms with E-state index in [0.717, 1.165) is 16.8 Å². The third-order valence-electron chi connectivity index (χ3n) is 7.73. The molecule has 0 atom stereocenters. The van der Waals surface area contributed by atoms with Gasteiger partial charge in [-0.25, -0.2) is 4.39 Å². The minimum Gasteiger partial charge on any atom is -0.453 e. The highest BCUT2D eigenvalue weighted by Gasteiger charge is 2.56. The summed E-state index contributed by atoms with van der Waals surface area (Å²) in [5, 5.41) is 6.15. The molecule has 5 aromatic rings. The first kappa shape index (κ1) is 27.1. The number of ether oxygens (including phenoxy) is 1. The Labute approximate surface area is 242 Å². The summed E-state index contributed by atoms with van der Waals surface area (Å²) >= 11 is 0. The van der Waals surface area contributed by atoms with E-state index in [0.29, 0.717) is 35.2 Å². The van der Waals surface area contributed by atoms with Crippen molar-refractivity contribution in [3.05, 3.63) is 108 Å². The van der Waals surface area contributed by atoms with E-state index in [1.54, 1.807) is 36.7 Å². The molecule has 0 unspecified atom stereocenters. The van der Waals surface area contributed by atoms with Gasteiger partial charge in [-0.2, -0.15) is 0 Å². The van der Waals surface area contributed by atoms with Crippen LogP contribution in [-0.4, -0.2) is 21.8 Å². The second-order valence-corrected chi connectivity index (χ2v) is 10.8. The summed E-state index contributed by atoms with van der Waals surface area (Å²) in [4.78, 5) is 35.0. The number of carbonyl (C=O) groups excluding carboxylic acids is 2. The number of nitrogens with zero attached hydrogens (tertiary/aromatic N) is 2. The number of benzene rings is 3. The van der Waals surface area contributed by atoms with Gasteiger partial charge in [0.15, 0.2) is 11.6 Å². The van der Waals surface area contributed by atoms with E-state index in [1.807, 2.05) is 31.2 Å². The molecule has 1 saturated carbocycles. The van der Waals surface area contributed by atoms with Crippen LogP contribution < -0.4 is 15.4 Å². The number of aromatic nitrogens is 2. The largest absolute Gasteiger partial charge is 0.453 e. The van der Waals surface area contributed by atoms with Crippen molar-refractivity contribution < 1.29 is 18.7 Å². The van der Waals surface area contributed by atoms with Gasteiger partial charge < -0.3 is 15.4 Å². The van der Waals surface area contributed by atoms with Crippen molar-refractivity contribution in [1.29, 1.82) is 0 Å². The third kappa shape index (κ3) is 5.31. The Morgan fingerprint density at radius 2 is 1.50 bits per heavy atom. The SMILES string of the molecule is Cc1ccc(NC(=O)C2(C(=O)Nc3ccc(Oc4ccnc5cc(-c6ccc(C)c(C)c6)ncc45)c(F)c3)CC2)cc1. The quantitative estimate of drug-likeness (QED) is 0.201. The molecule has 1 aliphatic carbocycles. The Bertz CT molecular complexity index is 1850. The maximum absolute atomic E-state index is 15.1. The minimum absolute atomic E-state index is 0.0167. The first-order chi connectivity index (χ1) is 20.2. The van der Waals surface area contributed by atoms with Gasteiger partial charge in [-0.3, -0.25) is 19.6 Å². The summed E-state index contributed by atoms with van der Waals surface area (Å²) < 4.78 is 21.1. The molecule has 1 aliphatic rings. The second kappa shape index (κ2) is 10.7. The summed E-state index contributed by atoms with van der Waals surface area (Å²) in [6.45, 7) is 6.08. The van der Waals surface area contributed by atoms with Gasteiger partial charge in [-0.1, -0.05) is 29.8 Å². The van der Waals surface area contributed by atoms with E-state index in [9.17, 15) is 9.59 Å². The molecule has 0 saturated heterocycles. The molecule has 8 heteroatoms. The lowest BCUT2D eigenvalue weighted by Crippen LogP contribution is -2.35. The van der Waals surface area contributed by atoms with E-state index in [4.69, 9.17) is 4.74 Å². The zero-order valence-corrected chi connectivity index (χ0v) is 23.5. The van der Waals surface area contributed by atoms with E-state index < -0.39 is 17.1 Å². The van der Waals surface area contributed by atoms with Crippen molar-refractivity contribution in [3.8, 4) is 22.8 Å². The molecule has 6 rings (SSSR count). The van der Waals surface area contributed by atoms with Gasteiger partial charge in [0.05, 0.1) is 16.6 Å². The van der Waals surface area contributed by atoms with Gasteiger partial charge in [0.25, 0.3) is 0 Å². The number of pyridine rings is 2. The van der Waals surface area contributed by atoms with Crippen LogP contribution in [0.3, 0.4) is 0 Å². The molecule has 2 N–H and O–H groups in total. The van der Waals surface area contributed by atoms with Gasteiger partial charge in [0.1, 0.15) is 11.2 Å². The first-order valence-electron chi connectivity index (χ1n) is 13.7. The van der Waals surface area contributed by atoms with Crippen molar-refractivity contribution in [3.63, 3.8) is 0 Å². The van der Waals surface area contributed by atoms with Crippen LogP contribution >= 0.6 is 0 Å². The summed E-state index contributed by atoms with van der Waals surface area (Å²) in [7, 11) is 0. The summed E-state index contributed by atoms with van der Waals surface area (Å²) in [6, 6.07) is 21.2. The summed E-state index contributed by atoms with van der Waals surface area (Å²) in [6.07, 6.45) is 4.12. The number of carbonyl (C=O) groups is 2. The normalized spacial score (nSPS) is 13.4. The van der Waals surface area contributed by atoms with Crippen molar-refractivity contribution >= 4 is 34.1 Å². The average molecular weight is 561 g/mol. The highest BCUT2D eigenvalue weighted by Crippen LogP contribution is 2.47. The van der Waals surface area contributed by atoms with Crippen LogP contribution in [0.5, 0.6) is 11.5 Å². The van der Waals surface area contributed by atoms with Gasteiger partial charge in [0, 0.05) is 35.4 Å². The van der Waals surface area contributed by atoms with Crippen molar-refractivity contribution in [1.82, 2.24) is 9.97 Å². The Balaban J connectivity index is 1.16. The molecular weight excluding hydrogens is 531 g/mol. The standard InChI is InChI=1S/C34H29FN4O3/c1-20-4-8-24(9-5-20)38-32(40)34(13-14-34)33(41)39-25-10-11-31(27(35)17-25)42-30-12-15-36-29-18-28(37-19-26(29)30)23-7-6-21(2)22(3)16-23/h4-12,15-19H,13-14H2,1-3H3,(H,38,40)(H,39,41). The van der Waals surface area contributed by atoms with Crippen LogP contribution in [-0.2, 0) is 9.59 Å². The van der Waals surface area contributed by atoms with E-state index in [2.05, 4.69) is 46.6 Å². The Morgan fingerprint density at radius 3 is 2.19 bits per heavy atom. The third-order valence-corrected chi connectivity index (χ3v) is 7.73. The zero-order chi connectivity index (χ0) is 29.4. The van der Waals surface area contributed by atoms with Crippen LogP contribution in [0.4, 0.5) is 15.8 Å². The molecule has 0 bridgehead atoms. The topological polar surface area (TPSA) is 93.2 Å². The lowest BCUT2D eigenvalue weighted by molar-refractivity contribution is -0.131. The summed E-state index contributed by atoms with van der Waals surface area (Å²) in [5.41, 5.74) is 5.56. The molecule has 1 fully saturated rings. The second-order valence-electron chi connectivity index (χ2n) is 10.8. The number of anilines is 2. The van der Waals surface area contributed by atoms with Gasteiger partial charge in [-0.05, 0) is 87.2 Å². The van der Waals surface area contributed by atoms with Gasteiger partial charge >= 0.3 is 0 Å². The van der Waals surface area contributed by atoms with E-state index >= 15 is 4.39 Å². The lowest BCUT2D eigenvalue weighted by Gasteiger charge is -2.16. The number of rotatable bonds is 7. The Hall–Kier alpha value is -5.11. The smallest absolute Gasteiger partial charge is 0.240 e. The lowest BCUT2D eigenvalue weighted by atomic mass is 10.0. The number of aryl methyl sites for hydroxylation is 3. The van der Waals surface area contributed by atoms with E-state index in [-0.39, 0.29) is 17.3 Å². The summed E-state index contributed by atoms with van der Waals surface area (Å²) in [5.74, 6) is -1.11. The molecule has 2 amide bonds. The van der Waals surface area contributed by atoms with Crippen molar-refractivity contribution in [2.75, 3.05) is 10.6 Å². The molecule has 7 nitrogen and oxygen atoms in total. The fourth-order valence-electron chi connectivity index (χ4n) is 4.76. The number of hydrogen-bond acceptors (Lipinski definition) is 5. The molecule has 210 valence electrons. The fraction of sp³-hybridized carbons (Fsp3) is 0.176. The number of hydrogen-bond donors (Lipinski definition) is 2. The zero-order valence-electron chi connectivity index (χ0n) is 23.5. The first-order valence-corrected chi connectivity index (χ1v) is 13.7. The molecular formula is C34H29FN4O3. The molecule has 42 heavy (non-hydrogen) atoms. The molecule has 0 radical (unpaired) electrons. The van der Waals surface area contributed by atoms with Crippen LogP contribution in [0.1, 0.15) is 29.5 Å². The number of nitrogens with one attached hydrogen (secondary N) is 2. The maximum Gasteiger partial charge on any atom is 0.240 e. The number of fused-ring (bicyclic) bond motifs is 1. The van der Waals surface area contributed by atoms with Crippen molar-refractivity contribution in [2.45, 2.75) is 33.6 Å². The highest BCUT2D eigenvalue weighted by atomic mass is 19.1. The maximum atomic E-state index is 15.1. The molecule has 3 aromatic carbocycles. The fourth-order valence-corrected chi connectivity index (χ4v) is 4.76. The minimum atomic E-state index is -1.17. The monoisotopic (exact) mass is 560 g/mol. The van der Waals surface area contributed by atoms with Crippen molar-refractivity contribution in [2.24, 2.45) is 5.41 Å². The number of halogens is 1. The van der Waals surface area contributed by atoms with Gasteiger partial charge in [-0.15, -0.1) is 0 Å². The predicted octanol–water partition coefficient (Wildman–Crippen LogP) is 7.51. The van der Waals surface area contributed by atoms with Crippen LogP contribution in [0.15, 0.2) is 85.2 Å². The molecule has 0 aliphatic heterocycles. The molecule has 0 spiro atoms. The number of amides is 2. The van der Waals surface area contributed by atoms with Crippen LogP contribution in [0.25, 0.3) is 22.2 Å². The Kier molecular flexibility index (Phi) is 6.90. The van der Waals surface area contributed by atoms with E-state index in [1.165, 1.54) is 23.3 Å². The Morgan fingerprint density at radius 1 is 0.786 bits per heavy atom. The predicted molar refractivity (Wildman–Crippen MR) is 161 cm³/mol. The van der Waals surface area contributed by atoms with Gasteiger partial charge in [0.2, 0.25) is 11.8 Å². The van der Waals surface area contributed by atoms with Crippen LogP contribution in [0.2, 0.25) is 0 Å².